The number of rotatable bonds is 6. The van der Waals surface area contributed by atoms with E-state index in [-0.39, 0.29) is 0 Å². The van der Waals surface area contributed by atoms with E-state index in [0.717, 1.165) is 39.5 Å². The molecule has 0 saturated heterocycles. The molecule has 0 radical (unpaired) electrons. The largest absolute Gasteiger partial charge is 0.490 e. The summed E-state index contributed by atoms with van der Waals surface area (Å²) in [5.41, 5.74) is 4.08. The Kier molecular flexibility index (Phi) is 4.81. The van der Waals surface area contributed by atoms with E-state index in [0.29, 0.717) is 13.2 Å². The first-order valence-electron chi connectivity index (χ1n) is 10.1. The maximum atomic E-state index is 6.18. The van der Waals surface area contributed by atoms with Crippen LogP contribution in [0.5, 0.6) is 11.5 Å². The molecule has 0 amide bonds. The van der Waals surface area contributed by atoms with Crippen LogP contribution in [0.1, 0.15) is 12.5 Å². The molecule has 148 valence electrons. The van der Waals surface area contributed by atoms with Gasteiger partial charge in [-0.05, 0) is 53.6 Å². The lowest BCUT2D eigenvalue weighted by Gasteiger charge is -2.14. The minimum Gasteiger partial charge on any atom is -0.490 e. The molecule has 0 aliphatic heterocycles. The van der Waals surface area contributed by atoms with Gasteiger partial charge in [0.15, 0.2) is 11.5 Å². The van der Waals surface area contributed by atoms with Crippen LogP contribution in [-0.4, -0.2) is 16.6 Å². The number of nitrogens with one attached hydrogen (secondary N) is 1. The standard InChI is InChI=1S/C26H22N2O2/c1-2-29-25-16-19(26-27-22-12-5-6-13-23(22)28-26)14-15-24(25)30-17-20-10-7-9-18-8-3-4-11-21(18)20/h3-16H,2,17H2,1H3,(H,27,28). The van der Waals surface area contributed by atoms with Gasteiger partial charge in [0, 0.05) is 5.56 Å². The predicted molar refractivity (Wildman–Crippen MR) is 121 cm³/mol. The Morgan fingerprint density at radius 2 is 1.63 bits per heavy atom. The van der Waals surface area contributed by atoms with Crippen molar-refractivity contribution in [2.45, 2.75) is 13.5 Å². The van der Waals surface area contributed by atoms with Crippen molar-refractivity contribution in [3.63, 3.8) is 0 Å². The number of para-hydroxylation sites is 2. The zero-order chi connectivity index (χ0) is 20.3. The third-order valence-electron chi connectivity index (χ3n) is 5.17. The Labute approximate surface area is 175 Å². The van der Waals surface area contributed by atoms with Gasteiger partial charge in [0.25, 0.3) is 0 Å². The second-order valence-electron chi connectivity index (χ2n) is 7.12. The van der Waals surface area contributed by atoms with Crippen molar-refractivity contribution in [2.24, 2.45) is 0 Å². The number of nitrogens with zero attached hydrogens (tertiary/aromatic N) is 1. The molecular weight excluding hydrogens is 372 g/mol. The minimum atomic E-state index is 0.478. The van der Waals surface area contributed by atoms with Crippen molar-refractivity contribution < 1.29 is 9.47 Å². The number of fused-ring (bicyclic) bond motifs is 2. The highest BCUT2D eigenvalue weighted by Gasteiger charge is 2.12. The quantitative estimate of drug-likeness (QED) is 0.364. The number of benzene rings is 4. The van der Waals surface area contributed by atoms with E-state index >= 15 is 0 Å². The topological polar surface area (TPSA) is 47.1 Å². The molecule has 4 heteroatoms. The van der Waals surface area contributed by atoms with Gasteiger partial charge < -0.3 is 14.5 Å². The molecule has 5 aromatic rings. The number of aromatic amines is 1. The van der Waals surface area contributed by atoms with Gasteiger partial charge in [-0.3, -0.25) is 0 Å². The molecular formula is C26H22N2O2. The molecule has 0 saturated carbocycles. The fourth-order valence-corrected chi connectivity index (χ4v) is 3.71. The lowest BCUT2D eigenvalue weighted by molar-refractivity contribution is 0.270. The van der Waals surface area contributed by atoms with Gasteiger partial charge in [-0.25, -0.2) is 4.98 Å². The molecule has 4 nitrogen and oxygen atoms in total. The molecule has 0 unspecified atom stereocenters. The van der Waals surface area contributed by atoms with Crippen LogP contribution in [0.3, 0.4) is 0 Å². The Morgan fingerprint density at radius 1 is 0.800 bits per heavy atom. The number of hydrogen-bond acceptors (Lipinski definition) is 3. The predicted octanol–water partition coefficient (Wildman–Crippen LogP) is 6.36. The Hall–Kier alpha value is -3.79. The van der Waals surface area contributed by atoms with E-state index in [9.17, 15) is 0 Å². The van der Waals surface area contributed by atoms with Crippen molar-refractivity contribution in [3.8, 4) is 22.9 Å². The summed E-state index contributed by atoms with van der Waals surface area (Å²) in [7, 11) is 0. The van der Waals surface area contributed by atoms with Gasteiger partial charge in [-0.1, -0.05) is 54.6 Å². The lowest BCUT2D eigenvalue weighted by Crippen LogP contribution is -2.00. The van der Waals surface area contributed by atoms with E-state index in [1.807, 2.05) is 49.4 Å². The SMILES string of the molecule is CCOc1cc(-c2nc3ccccc3[nH]2)ccc1OCc1cccc2ccccc12. The molecule has 1 aromatic heterocycles. The summed E-state index contributed by atoms with van der Waals surface area (Å²) in [6, 6.07) is 28.6. The Balaban J connectivity index is 1.44. The van der Waals surface area contributed by atoms with E-state index in [1.165, 1.54) is 10.8 Å². The molecule has 4 aromatic carbocycles. The monoisotopic (exact) mass is 394 g/mol. The maximum Gasteiger partial charge on any atom is 0.161 e. The van der Waals surface area contributed by atoms with Crippen LogP contribution in [0.2, 0.25) is 0 Å². The average Bonchev–Trinajstić information content (AvgIpc) is 3.23. The molecule has 0 bridgehead atoms. The maximum absolute atomic E-state index is 6.18. The fourth-order valence-electron chi connectivity index (χ4n) is 3.71. The first kappa shape index (κ1) is 18.3. The minimum absolute atomic E-state index is 0.478. The average molecular weight is 394 g/mol. The first-order chi connectivity index (χ1) is 14.8. The van der Waals surface area contributed by atoms with Gasteiger partial charge in [-0.15, -0.1) is 0 Å². The summed E-state index contributed by atoms with van der Waals surface area (Å²) in [4.78, 5) is 8.06. The van der Waals surface area contributed by atoms with E-state index in [1.54, 1.807) is 0 Å². The molecule has 0 atom stereocenters. The first-order valence-corrected chi connectivity index (χ1v) is 10.1. The van der Waals surface area contributed by atoms with E-state index < -0.39 is 0 Å². The summed E-state index contributed by atoms with van der Waals surface area (Å²) in [5.74, 6) is 2.26. The van der Waals surface area contributed by atoms with Crippen molar-refractivity contribution in [2.75, 3.05) is 6.61 Å². The number of aromatic nitrogens is 2. The van der Waals surface area contributed by atoms with Crippen LogP contribution in [0.4, 0.5) is 0 Å². The zero-order valence-corrected chi connectivity index (χ0v) is 16.8. The molecule has 0 spiro atoms. The normalized spacial score (nSPS) is 11.1. The third kappa shape index (κ3) is 3.48. The van der Waals surface area contributed by atoms with E-state index in [4.69, 9.17) is 9.47 Å². The highest BCUT2D eigenvalue weighted by atomic mass is 16.5. The van der Waals surface area contributed by atoms with Crippen LogP contribution in [0.15, 0.2) is 84.9 Å². The van der Waals surface area contributed by atoms with Crippen molar-refractivity contribution in [3.05, 3.63) is 90.5 Å². The highest BCUT2D eigenvalue weighted by molar-refractivity contribution is 5.85. The number of imidazole rings is 1. The zero-order valence-electron chi connectivity index (χ0n) is 16.8. The van der Waals surface area contributed by atoms with Crippen molar-refractivity contribution in [1.82, 2.24) is 9.97 Å². The fraction of sp³-hybridized carbons (Fsp3) is 0.115. The van der Waals surface area contributed by atoms with Gasteiger partial charge >= 0.3 is 0 Å². The van der Waals surface area contributed by atoms with Crippen LogP contribution >= 0.6 is 0 Å². The summed E-state index contributed by atoms with van der Waals surface area (Å²) in [6.07, 6.45) is 0. The summed E-state index contributed by atoms with van der Waals surface area (Å²) >= 11 is 0. The third-order valence-corrected chi connectivity index (χ3v) is 5.17. The molecule has 0 aliphatic rings. The molecule has 1 N–H and O–H groups in total. The lowest BCUT2D eigenvalue weighted by atomic mass is 10.1. The number of hydrogen-bond donors (Lipinski definition) is 1. The number of H-pyrrole nitrogens is 1. The van der Waals surface area contributed by atoms with Crippen LogP contribution in [0.25, 0.3) is 33.2 Å². The Bertz CT molecular complexity index is 1280. The molecule has 0 aliphatic carbocycles. The number of ether oxygens (including phenoxy) is 2. The van der Waals surface area contributed by atoms with Gasteiger partial charge in [-0.2, -0.15) is 0 Å². The van der Waals surface area contributed by atoms with Gasteiger partial charge in [0.1, 0.15) is 12.4 Å². The summed E-state index contributed by atoms with van der Waals surface area (Å²) in [5, 5.41) is 2.42. The van der Waals surface area contributed by atoms with Gasteiger partial charge in [0.2, 0.25) is 0 Å². The molecule has 1 heterocycles. The molecule has 30 heavy (non-hydrogen) atoms. The Morgan fingerprint density at radius 3 is 2.53 bits per heavy atom. The smallest absolute Gasteiger partial charge is 0.161 e. The molecule has 5 rings (SSSR count). The van der Waals surface area contributed by atoms with E-state index in [2.05, 4.69) is 52.4 Å². The second-order valence-corrected chi connectivity index (χ2v) is 7.12. The summed E-state index contributed by atoms with van der Waals surface area (Å²) < 4.78 is 12.1. The molecule has 0 fully saturated rings. The van der Waals surface area contributed by atoms with Crippen molar-refractivity contribution in [1.29, 1.82) is 0 Å². The summed E-state index contributed by atoms with van der Waals surface area (Å²) in [6.45, 7) is 3.02. The van der Waals surface area contributed by atoms with Crippen LogP contribution < -0.4 is 9.47 Å². The van der Waals surface area contributed by atoms with Crippen LogP contribution in [0, 0.1) is 0 Å². The van der Waals surface area contributed by atoms with Gasteiger partial charge in [0.05, 0.1) is 17.6 Å². The second kappa shape index (κ2) is 7.91. The van der Waals surface area contributed by atoms with Crippen molar-refractivity contribution >= 4 is 21.8 Å². The highest BCUT2D eigenvalue weighted by Crippen LogP contribution is 2.33. The van der Waals surface area contributed by atoms with Crippen LogP contribution in [-0.2, 0) is 6.61 Å².